The Balaban J connectivity index is 1.70. The SMILES string of the molecule is CC(CN=C(N)NCCc1cccs1)Oc1cccc(F)c1. The number of nitrogens with two attached hydrogens (primary N) is 1. The van der Waals surface area contributed by atoms with Crippen LogP contribution in [0.3, 0.4) is 0 Å². The number of thiophene rings is 1. The number of guanidine groups is 1. The molecule has 0 radical (unpaired) electrons. The minimum atomic E-state index is -0.317. The first-order chi connectivity index (χ1) is 10.6. The Morgan fingerprint density at radius 2 is 2.27 bits per heavy atom. The van der Waals surface area contributed by atoms with Crippen LogP contribution in [0.1, 0.15) is 11.8 Å². The number of rotatable bonds is 7. The van der Waals surface area contributed by atoms with E-state index in [1.165, 1.54) is 17.0 Å². The molecule has 0 aliphatic carbocycles. The fourth-order valence-electron chi connectivity index (χ4n) is 1.86. The quantitative estimate of drug-likeness (QED) is 0.609. The van der Waals surface area contributed by atoms with Crippen LogP contribution in [-0.4, -0.2) is 25.2 Å². The summed E-state index contributed by atoms with van der Waals surface area (Å²) >= 11 is 1.72. The highest BCUT2D eigenvalue weighted by molar-refractivity contribution is 7.09. The average Bonchev–Trinajstić information content (AvgIpc) is 2.98. The van der Waals surface area contributed by atoms with Crippen molar-refractivity contribution in [3.05, 3.63) is 52.5 Å². The Morgan fingerprint density at radius 1 is 1.41 bits per heavy atom. The summed E-state index contributed by atoms with van der Waals surface area (Å²) in [7, 11) is 0. The Bertz CT molecular complexity index is 601. The Labute approximate surface area is 133 Å². The maximum Gasteiger partial charge on any atom is 0.188 e. The summed E-state index contributed by atoms with van der Waals surface area (Å²) in [4.78, 5) is 5.54. The molecular formula is C16H20FN3OS. The Kier molecular flexibility index (Phi) is 6.21. The minimum Gasteiger partial charge on any atom is -0.489 e. The second kappa shape index (κ2) is 8.38. The van der Waals surface area contributed by atoms with Crippen molar-refractivity contribution in [1.29, 1.82) is 0 Å². The van der Waals surface area contributed by atoms with Gasteiger partial charge in [-0.05, 0) is 36.9 Å². The van der Waals surface area contributed by atoms with Crippen LogP contribution >= 0.6 is 11.3 Å². The maximum atomic E-state index is 13.1. The van der Waals surface area contributed by atoms with Crippen LogP contribution in [0.5, 0.6) is 5.75 Å². The predicted molar refractivity (Wildman–Crippen MR) is 89.0 cm³/mol. The van der Waals surface area contributed by atoms with Crippen molar-refractivity contribution in [2.24, 2.45) is 10.7 Å². The van der Waals surface area contributed by atoms with E-state index in [9.17, 15) is 4.39 Å². The van der Waals surface area contributed by atoms with Crippen molar-refractivity contribution in [3.63, 3.8) is 0 Å². The lowest BCUT2D eigenvalue weighted by atomic mass is 10.3. The van der Waals surface area contributed by atoms with Gasteiger partial charge in [0.1, 0.15) is 17.7 Å². The molecule has 0 aliphatic rings. The number of hydrogen-bond donors (Lipinski definition) is 2. The largest absolute Gasteiger partial charge is 0.489 e. The van der Waals surface area contributed by atoms with E-state index in [1.54, 1.807) is 23.5 Å². The Hall–Kier alpha value is -2.08. The van der Waals surface area contributed by atoms with E-state index < -0.39 is 0 Å². The number of nitrogens with one attached hydrogen (secondary N) is 1. The van der Waals surface area contributed by atoms with E-state index >= 15 is 0 Å². The third kappa shape index (κ3) is 5.73. The lowest BCUT2D eigenvalue weighted by molar-refractivity contribution is 0.229. The number of ether oxygens (including phenoxy) is 1. The van der Waals surface area contributed by atoms with Crippen molar-refractivity contribution >= 4 is 17.3 Å². The van der Waals surface area contributed by atoms with Gasteiger partial charge in [-0.25, -0.2) is 9.38 Å². The van der Waals surface area contributed by atoms with Gasteiger partial charge < -0.3 is 15.8 Å². The number of nitrogens with zero attached hydrogens (tertiary/aromatic N) is 1. The first-order valence-electron chi connectivity index (χ1n) is 7.12. The van der Waals surface area contributed by atoms with Gasteiger partial charge in [-0.2, -0.15) is 0 Å². The highest BCUT2D eigenvalue weighted by Crippen LogP contribution is 2.13. The molecule has 2 rings (SSSR count). The third-order valence-electron chi connectivity index (χ3n) is 2.91. The third-order valence-corrected chi connectivity index (χ3v) is 3.85. The van der Waals surface area contributed by atoms with Gasteiger partial charge in [0.15, 0.2) is 5.96 Å². The highest BCUT2D eigenvalue weighted by atomic mass is 32.1. The molecule has 0 aliphatic heterocycles. The summed E-state index contributed by atoms with van der Waals surface area (Å²) in [6.45, 7) is 3.02. The lowest BCUT2D eigenvalue weighted by Gasteiger charge is -2.13. The highest BCUT2D eigenvalue weighted by Gasteiger charge is 2.04. The molecule has 0 amide bonds. The molecule has 3 N–H and O–H groups in total. The molecule has 1 atom stereocenters. The van der Waals surface area contributed by atoms with E-state index in [4.69, 9.17) is 10.5 Å². The van der Waals surface area contributed by atoms with E-state index in [0.717, 1.165) is 13.0 Å². The van der Waals surface area contributed by atoms with Crippen LogP contribution in [0.15, 0.2) is 46.8 Å². The van der Waals surface area contributed by atoms with Crippen molar-refractivity contribution in [1.82, 2.24) is 5.32 Å². The average molecular weight is 321 g/mol. The standard InChI is InChI=1S/C16H20FN3OS/c1-12(21-14-5-2-4-13(17)10-14)11-20-16(18)19-8-7-15-6-3-9-22-15/h2-6,9-10,12H,7-8,11H2,1H3,(H3,18,19,20). The lowest BCUT2D eigenvalue weighted by Crippen LogP contribution is -2.34. The predicted octanol–water partition coefficient (Wildman–Crippen LogP) is 2.80. The first-order valence-corrected chi connectivity index (χ1v) is 8.00. The zero-order chi connectivity index (χ0) is 15.8. The molecule has 6 heteroatoms. The smallest absolute Gasteiger partial charge is 0.188 e. The van der Waals surface area contributed by atoms with Gasteiger partial charge in [-0.3, -0.25) is 0 Å². The molecule has 0 saturated carbocycles. The summed E-state index contributed by atoms with van der Waals surface area (Å²) < 4.78 is 18.6. The van der Waals surface area contributed by atoms with Gasteiger partial charge in [0.2, 0.25) is 0 Å². The molecule has 0 bridgehead atoms. The van der Waals surface area contributed by atoms with Crippen LogP contribution in [0.4, 0.5) is 4.39 Å². The number of hydrogen-bond acceptors (Lipinski definition) is 3. The van der Waals surface area contributed by atoms with Gasteiger partial charge in [-0.1, -0.05) is 12.1 Å². The molecule has 0 spiro atoms. The summed E-state index contributed by atoms with van der Waals surface area (Å²) in [6, 6.07) is 10.2. The van der Waals surface area contributed by atoms with Crippen molar-refractivity contribution in [3.8, 4) is 5.75 Å². The van der Waals surface area contributed by atoms with Gasteiger partial charge >= 0.3 is 0 Å². The molecule has 2 aromatic rings. The van der Waals surface area contributed by atoms with Crippen LogP contribution in [0, 0.1) is 5.82 Å². The number of benzene rings is 1. The van der Waals surface area contributed by atoms with E-state index in [2.05, 4.69) is 21.8 Å². The summed E-state index contributed by atoms with van der Waals surface area (Å²) in [6.07, 6.45) is 0.739. The first kappa shape index (κ1) is 16.3. The molecular weight excluding hydrogens is 301 g/mol. The van der Waals surface area contributed by atoms with Gasteiger partial charge in [0.25, 0.3) is 0 Å². The van der Waals surface area contributed by atoms with E-state index in [-0.39, 0.29) is 11.9 Å². The molecule has 0 fully saturated rings. The zero-order valence-corrected chi connectivity index (χ0v) is 13.3. The van der Waals surface area contributed by atoms with E-state index in [0.29, 0.717) is 18.3 Å². The summed E-state index contributed by atoms with van der Waals surface area (Å²) in [5.41, 5.74) is 5.81. The van der Waals surface area contributed by atoms with Gasteiger partial charge in [-0.15, -0.1) is 11.3 Å². The Morgan fingerprint density at radius 3 is 3.00 bits per heavy atom. The normalized spacial score (nSPS) is 12.9. The topological polar surface area (TPSA) is 59.6 Å². The van der Waals surface area contributed by atoms with Crippen LogP contribution < -0.4 is 15.8 Å². The zero-order valence-electron chi connectivity index (χ0n) is 12.5. The van der Waals surface area contributed by atoms with Crippen molar-refractivity contribution in [2.75, 3.05) is 13.1 Å². The molecule has 1 aromatic carbocycles. The molecule has 1 heterocycles. The fourth-order valence-corrected chi connectivity index (χ4v) is 2.57. The second-order valence-electron chi connectivity index (χ2n) is 4.87. The van der Waals surface area contributed by atoms with Crippen molar-refractivity contribution < 1.29 is 9.13 Å². The fraction of sp³-hybridized carbons (Fsp3) is 0.312. The van der Waals surface area contributed by atoms with Crippen LogP contribution in [0.2, 0.25) is 0 Å². The summed E-state index contributed by atoms with van der Waals surface area (Å²) in [5, 5.41) is 5.12. The van der Waals surface area contributed by atoms with Crippen molar-refractivity contribution in [2.45, 2.75) is 19.4 Å². The number of halogens is 1. The van der Waals surface area contributed by atoms with Crippen LogP contribution in [-0.2, 0) is 6.42 Å². The molecule has 1 aromatic heterocycles. The second-order valence-corrected chi connectivity index (χ2v) is 5.90. The monoisotopic (exact) mass is 321 g/mol. The molecule has 0 saturated heterocycles. The van der Waals surface area contributed by atoms with E-state index in [1.807, 2.05) is 13.0 Å². The molecule has 118 valence electrons. The summed E-state index contributed by atoms with van der Waals surface area (Å²) in [5.74, 6) is 0.570. The molecule has 1 unspecified atom stereocenters. The molecule has 22 heavy (non-hydrogen) atoms. The number of aliphatic imine (C=N–C) groups is 1. The van der Waals surface area contributed by atoms with Gasteiger partial charge in [0, 0.05) is 17.5 Å². The van der Waals surface area contributed by atoms with Gasteiger partial charge in [0.05, 0.1) is 6.54 Å². The minimum absolute atomic E-state index is 0.181. The van der Waals surface area contributed by atoms with Crippen LogP contribution in [0.25, 0.3) is 0 Å². The maximum absolute atomic E-state index is 13.1. The molecule has 4 nitrogen and oxygen atoms in total.